The van der Waals surface area contributed by atoms with Crippen LogP contribution in [0.25, 0.3) is 0 Å². The van der Waals surface area contributed by atoms with E-state index in [0.29, 0.717) is 32.4 Å². The molecule has 0 heterocycles. The van der Waals surface area contributed by atoms with Gasteiger partial charge in [0, 0.05) is 19.5 Å². The van der Waals surface area contributed by atoms with E-state index in [0.717, 1.165) is 11.3 Å². The summed E-state index contributed by atoms with van der Waals surface area (Å²) in [6.07, 6.45) is 1.31. The van der Waals surface area contributed by atoms with Gasteiger partial charge >= 0.3 is 6.09 Å². The lowest BCUT2D eigenvalue weighted by atomic mass is 10.1. The highest BCUT2D eigenvalue weighted by Crippen LogP contribution is 2.13. The number of ether oxygens (including phenoxy) is 2. The van der Waals surface area contributed by atoms with Crippen molar-refractivity contribution in [1.82, 2.24) is 10.6 Å². The van der Waals surface area contributed by atoms with Crippen LogP contribution in [0.15, 0.2) is 24.3 Å². The minimum Gasteiger partial charge on any atom is -0.497 e. The average molecular weight is 336 g/mol. The van der Waals surface area contributed by atoms with Crippen molar-refractivity contribution >= 4 is 12.0 Å². The molecule has 0 aliphatic carbocycles. The Labute approximate surface area is 143 Å². The molecule has 1 aromatic carbocycles. The Morgan fingerprint density at radius 3 is 2.50 bits per heavy atom. The largest absolute Gasteiger partial charge is 0.497 e. The highest BCUT2D eigenvalue weighted by atomic mass is 16.6. The van der Waals surface area contributed by atoms with Gasteiger partial charge < -0.3 is 20.1 Å². The van der Waals surface area contributed by atoms with Crippen LogP contribution in [0.4, 0.5) is 4.79 Å². The van der Waals surface area contributed by atoms with Crippen molar-refractivity contribution < 1.29 is 19.1 Å². The third-order valence-electron chi connectivity index (χ3n) is 3.12. The second kappa shape index (κ2) is 9.80. The molecule has 134 valence electrons. The summed E-state index contributed by atoms with van der Waals surface area (Å²) in [5.74, 6) is 0.788. The number of nitrogens with one attached hydrogen (secondary N) is 2. The molecule has 0 unspecified atom stereocenters. The van der Waals surface area contributed by atoms with E-state index in [4.69, 9.17) is 9.47 Å². The van der Waals surface area contributed by atoms with Crippen LogP contribution in [0.1, 0.15) is 39.2 Å². The average Bonchev–Trinajstić information content (AvgIpc) is 2.51. The number of alkyl carbamates (subject to hydrolysis) is 1. The van der Waals surface area contributed by atoms with Crippen LogP contribution in [-0.4, -0.2) is 37.8 Å². The number of rotatable bonds is 8. The van der Waals surface area contributed by atoms with Crippen molar-refractivity contribution in [2.45, 2.75) is 45.6 Å². The van der Waals surface area contributed by atoms with Crippen LogP contribution >= 0.6 is 0 Å². The molecule has 2 amide bonds. The lowest BCUT2D eigenvalue weighted by molar-refractivity contribution is -0.121. The molecule has 0 radical (unpaired) electrons. The number of hydrogen-bond acceptors (Lipinski definition) is 4. The molecule has 0 bridgehead atoms. The molecule has 1 aromatic rings. The number of carbonyl (C=O) groups is 2. The van der Waals surface area contributed by atoms with Crippen LogP contribution in [0, 0.1) is 0 Å². The minimum atomic E-state index is -0.502. The van der Waals surface area contributed by atoms with E-state index in [1.807, 2.05) is 45.0 Å². The first-order chi connectivity index (χ1) is 11.3. The van der Waals surface area contributed by atoms with Gasteiger partial charge in [-0.25, -0.2) is 4.79 Å². The second-order valence-corrected chi connectivity index (χ2v) is 6.48. The SMILES string of the molecule is COc1cccc(CCC(=O)NCCCNC(=O)OC(C)(C)C)c1. The van der Waals surface area contributed by atoms with Gasteiger partial charge in [-0.3, -0.25) is 4.79 Å². The fourth-order valence-corrected chi connectivity index (χ4v) is 2.00. The normalized spacial score (nSPS) is 10.8. The lowest BCUT2D eigenvalue weighted by Gasteiger charge is -2.19. The Hall–Kier alpha value is -2.24. The molecule has 0 fully saturated rings. The summed E-state index contributed by atoms with van der Waals surface area (Å²) >= 11 is 0. The summed E-state index contributed by atoms with van der Waals surface area (Å²) in [6.45, 7) is 6.43. The lowest BCUT2D eigenvalue weighted by Crippen LogP contribution is -2.34. The van der Waals surface area contributed by atoms with E-state index in [9.17, 15) is 9.59 Å². The van der Waals surface area contributed by atoms with Gasteiger partial charge in [0.25, 0.3) is 0 Å². The van der Waals surface area contributed by atoms with E-state index < -0.39 is 11.7 Å². The number of aryl methyl sites for hydroxylation is 1. The fraction of sp³-hybridized carbons (Fsp3) is 0.556. The van der Waals surface area contributed by atoms with Crippen LogP contribution in [0.2, 0.25) is 0 Å². The number of methoxy groups -OCH3 is 1. The Bertz CT molecular complexity index is 538. The van der Waals surface area contributed by atoms with Crippen molar-refractivity contribution in [2.24, 2.45) is 0 Å². The summed E-state index contributed by atoms with van der Waals surface area (Å²) in [6, 6.07) is 7.69. The number of amides is 2. The number of benzene rings is 1. The maximum Gasteiger partial charge on any atom is 0.407 e. The first kappa shape index (κ1) is 19.8. The van der Waals surface area contributed by atoms with E-state index in [2.05, 4.69) is 10.6 Å². The smallest absolute Gasteiger partial charge is 0.407 e. The minimum absolute atomic E-state index is 0.00455. The van der Waals surface area contributed by atoms with Crippen LogP contribution < -0.4 is 15.4 Å². The summed E-state index contributed by atoms with van der Waals surface area (Å²) in [5.41, 5.74) is 0.564. The van der Waals surface area contributed by atoms with E-state index in [-0.39, 0.29) is 5.91 Å². The van der Waals surface area contributed by atoms with Gasteiger partial charge in [-0.2, -0.15) is 0 Å². The first-order valence-electron chi connectivity index (χ1n) is 8.16. The Kier molecular flexibility index (Phi) is 8.09. The van der Waals surface area contributed by atoms with Crippen molar-refractivity contribution in [3.8, 4) is 5.75 Å². The summed E-state index contributed by atoms with van der Waals surface area (Å²) in [7, 11) is 1.62. The predicted octanol–water partition coefficient (Wildman–Crippen LogP) is 2.66. The molecule has 6 nitrogen and oxygen atoms in total. The molecule has 2 N–H and O–H groups in total. The Morgan fingerprint density at radius 2 is 1.83 bits per heavy atom. The maximum absolute atomic E-state index is 11.8. The van der Waals surface area contributed by atoms with Gasteiger partial charge in [0.15, 0.2) is 0 Å². The highest BCUT2D eigenvalue weighted by molar-refractivity contribution is 5.76. The topological polar surface area (TPSA) is 76.7 Å². The van der Waals surface area contributed by atoms with Gasteiger partial charge in [0.2, 0.25) is 5.91 Å². The molecule has 0 saturated heterocycles. The quantitative estimate of drug-likeness (QED) is 0.716. The number of carbonyl (C=O) groups excluding carboxylic acids is 2. The van der Waals surface area contributed by atoms with Crippen molar-refractivity contribution in [1.29, 1.82) is 0 Å². The summed E-state index contributed by atoms with van der Waals surface area (Å²) in [5, 5.41) is 5.50. The molecule has 0 aliphatic rings. The zero-order valence-electron chi connectivity index (χ0n) is 15.0. The molecule has 6 heteroatoms. The van der Waals surface area contributed by atoms with Gasteiger partial charge in [0.1, 0.15) is 11.4 Å². The first-order valence-corrected chi connectivity index (χ1v) is 8.16. The molecule has 0 aliphatic heterocycles. The molecule has 1 rings (SSSR count). The highest BCUT2D eigenvalue weighted by Gasteiger charge is 2.15. The fourth-order valence-electron chi connectivity index (χ4n) is 2.00. The zero-order chi connectivity index (χ0) is 18.0. The van der Waals surface area contributed by atoms with Crippen LogP contribution in [0.5, 0.6) is 5.75 Å². The zero-order valence-corrected chi connectivity index (χ0v) is 15.0. The van der Waals surface area contributed by atoms with Crippen molar-refractivity contribution in [3.05, 3.63) is 29.8 Å². The molecular formula is C18H28N2O4. The monoisotopic (exact) mass is 336 g/mol. The van der Waals surface area contributed by atoms with E-state index in [1.54, 1.807) is 7.11 Å². The molecule has 0 aromatic heterocycles. The van der Waals surface area contributed by atoms with E-state index >= 15 is 0 Å². The van der Waals surface area contributed by atoms with Gasteiger partial charge in [-0.05, 0) is 51.3 Å². The predicted molar refractivity (Wildman–Crippen MR) is 93.2 cm³/mol. The third kappa shape index (κ3) is 9.02. The standard InChI is InChI=1S/C18H28N2O4/c1-18(2,3)24-17(22)20-12-6-11-19-16(21)10-9-14-7-5-8-15(13-14)23-4/h5,7-8,13H,6,9-12H2,1-4H3,(H,19,21)(H,20,22). The summed E-state index contributed by atoms with van der Waals surface area (Å²) < 4.78 is 10.3. The van der Waals surface area contributed by atoms with Gasteiger partial charge in [0.05, 0.1) is 7.11 Å². The van der Waals surface area contributed by atoms with Gasteiger partial charge in [-0.15, -0.1) is 0 Å². The third-order valence-corrected chi connectivity index (χ3v) is 3.12. The Balaban J connectivity index is 2.13. The molecule has 0 spiro atoms. The Morgan fingerprint density at radius 1 is 1.12 bits per heavy atom. The molecule has 24 heavy (non-hydrogen) atoms. The summed E-state index contributed by atoms with van der Waals surface area (Å²) in [4.78, 5) is 23.2. The van der Waals surface area contributed by atoms with Crippen molar-refractivity contribution in [3.63, 3.8) is 0 Å². The van der Waals surface area contributed by atoms with Crippen LogP contribution in [0.3, 0.4) is 0 Å². The van der Waals surface area contributed by atoms with Crippen molar-refractivity contribution in [2.75, 3.05) is 20.2 Å². The number of hydrogen-bond donors (Lipinski definition) is 2. The molecule has 0 atom stereocenters. The second-order valence-electron chi connectivity index (χ2n) is 6.48. The van der Waals surface area contributed by atoms with Gasteiger partial charge in [-0.1, -0.05) is 12.1 Å². The van der Waals surface area contributed by atoms with Crippen LogP contribution in [-0.2, 0) is 16.0 Å². The van der Waals surface area contributed by atoms with E-state index in [1.165, 1.54) is 0 Å². The maximum atomic E-state index is 11.8. The molecule has 0 saturated carbocycles. The molecular weight excluding hydrogens is 308 g/mol.